The summed E-state index contributed by atoms with van der Waals surface area (Å²) in [5, 5.41) is 2.37. The SMILES string of the molecule is Cn1c(=O)n(C2CCC(=O)NC2=O)c2cccc(C3CC(CN4CCN(C(=O)OC(C)(C)C)CC4)C3)c21. The molecule has 3 fully saturated rings. The molecule has 1 aliphatic carbocycles. The maximum Gasteiger partial charge on any atom is 0.410 e. The van der Waals surface area contributed by atoms with Gasteiger partial charge in [0.15, 0.2) is 0 Å². The highest BCUT2D eigenvalue weighted by Gasteiger charge is 2.36. The fourth-order valence-corrected chi connectivity index (χ4v) is 5.97. The number of imide groups is 1. The monoisotopic (exact) mass is 511 g/mol. The van der Waals surface area contributed by atoms with Crippen LogP contribution in [0.3, 0.4) is 0 Å². The number of aryl methyl sites for hydroxylation is 1. The average Bonchev–Trinajstić information content (AvgIpc) is 3.06. The molecule has 5 rings (SSSR count). The highest BCUT2D eigenvalue weighted by Crippen LogP contribution is 2.44. The quantitative estimate of drug-likeness (QED) is 0.632. The smallest absolute Gasteiger partial charge is 0.410 e. The maximum atomic E-state index is 13.2. The second kappa shape index (κ2) is 9.63. The Kier molecular flexibility index (Phi) is 6.64. The predicted molar refractivity (Wildman–Crippen MR) is 138 cm³/mol. The molecule has 1 N–H and O–H groups in total. The summed E-state index contributed by atoms with van der Waals surface area (Å²) < 4.78 is 8.71. The van der Waals surface area contributed by atoms with Gasteiger partial charge in [0.2, 0.25) is 11.8 Å². The molecule has 3 aliphatic rings. The summed E-state index contributed by atoms with van der Waals surface area (Å²) in [5.74, 6) is 0.233. The predicted octanol–water partition coefficient (Wildman–Crippen LogP) is 2.36. The molecule has 2 aromatic rings. The van der Waals surface area contributed by atoms with Gasteiger partial charge in [-0.1, -0.05) is 12.1 Å². The second-order valence-corrected chi connectivity index (χ2v) is 11.7. The van der Waals surface area contributed by atoms with E-state index >= 15 is 0 Å². The molecule has 3 amide bonds. The van der Waals surface area contributed by atoms with Crippen LogP contribution in [0.15, 0.2) is 23.0 Å². The molecule has 10 nitrogen and oxygen atoms in total. The molecule has 1 unspecified atom stereocenters. The van der Waals surface area contributed by atoms with Gasteiger partial charge in [-0.05, 0) is 63.5 Å². The van der Waals surface area contributed by atoms with Crippen molar-refractivity contribution in [2.24, 2.45) is 13.0 Å². The van der Waals surface area contributed by atoms with Crippen molar-refractivity contribution >= 4 is 28.9 Å². The number of imidazole rings is 1. The van der Waals surface area contributed by atoms with Crippen LogP contribution in [0.5, 0.6) is 0 Å². The molecule has 0 bridgehead atoms. The largest absolute Gasteiger partial charge is 0.444 e. The van der Waals surface area contributed by atoms with Gasteiger partial charge in [0, 0.05) is 46.2 Å². The van der Waals surface area contributed by atoms with Crippen molar-refractivity contribution in [2.45, 2.75) is 64.0 Å². The minimum Gasteiger partial charge on any atom is -0.444 e. The molecule has 2 aliphatic heterocycles. The number of fused-ring (bicyclic) bond motifs is 1. The number of hydrogen-bond acceptors (Lipinski definition) is 6. The minimum absolute atomic E-state index is 0.226. The molecule has 2 saturated heterocycles. The van der Waals surface area contributed by atoms with E-state index in [0.29, 0.717) is 31.3 Å². The van der Waals surface area contributed by atoms with Crippen molar-refractivity contribution in [3.8, 4) is 0 Å². The number of rotatable bonds is 4. The Morgan fingerprint density at radius 3 is 2.43 bits per heavy atom. The first-order valence-corrected chi connectivity index (χ1v) is 13.3. The molecule has 10 heteroatoms. The zero-order chi connectivity index (χ0) is 26.5. The van der Waals surface area contributed by atoms with Crippen LogP contribution >= 0.6 is 0 Å². The number of carbonyl (C=O) groups is 3. The number of nitrogens with one attached hydrogen (secondary N) is 1. The van der Waals surface area contributed by atoms with Crippen LogP contribution in [-0.2, 0) is 21.4 Å². The van der Waals surface area contributed by atoms with Crippen LogP contribution < -0.4 is 11.0 Å². The van der Waals surface area contributed by atoms with Crippen molar-refractivity contribution in [2.75, 3.05) is 32.7 Å². The number of ether oxygens (including phenoxy) is 1. The standard InChI is InChI=1S/C27H37N5O5/c1-27(2,3)37-26(36)31-12-10-30(11-13-31)16-17-14-18(15-17)19-6-5-7-20-23(19)29(4)25(35)32(20)21-8-9-22(33)28-24(21)34/h5-7,17-18,21H,8-16H2,1-4H3,(H,28,33,34). The van der Waals surface area contributed by atoms with E-state index in [2.05, 4.69) is 16.3 Å². The number of hydrogen-bond donors (Lipinski definition) is 1. The van der Waals surface area contributed by atoms with E-state index in [1.807, 2.05) is 32.9 Å². The van der Waals surface area contributed by atoms with Crippen LogP contribution in [0.1, 0.15) is 64.0 Å². The lowest BCUT2D eigenvalue weighted by molar-refractivity contribution is -0.135. The van der Waals surface area contributed by atoms with E-state index in [-0.39, 0.29) is 24.1 Å². The topological polar surface area (TPSA) is 106 Å². The molecule has 0 radical (unpaired) electrons. The van der Waals surface area contributed by atoms with Gasteiger partial charge in [-0.25, -0.2) is 9.59 Å². The van der Waals surface area contributed by atoms with Gasteiger partial charge in [0.25, 0.3) is 0 Å². The number of para-hydroxylation sites is 1. The molecule has 1 aromatic heterocycles. The van der Waals surface area contributed by atoms with E-state index in [1.165, 1.54) is 0 Å². The third-order valence-electron chi connectivity index (χ3n) is 7.87. The molecular formula is C27H37N5O5. The van der Waals surface area contributed by atoms with E-state index in [4.69, 9.17) is 4.74 Å². The highest BCUT2D eigenvalue weighted by molar-refractivity contribution is 6.00. The van der Waals surface area contributed by atoms with Crippen molar-refractivity contribution in [3.63, 3.8) is 0 Å². The van der Waals surface area contributed by atoms with Crippen molar-refractivity contribution in [1.82, 2.24) is 24.3 Å². The highest BCUT2D eigenvalue weighted by atomic mass is 16.6. The summed E-state index contributed by atoms with van der Waals surface area (Å²) in [5.41, 5.74) is 2.07. The molecular weight excluding hydrogens is 474 g/mol. The lowest BCUT2D eigenvalue weighted by atomic mass is 9.71. The Balaban J connectivity index is 1.22. The molecule has 37 heavy (non-hydrogen) atoms. The fourth-order valence-electron chi connectivity index (χ4n) is 5.97. The number of aromatic nitrogens is 2. The van der Waals surface area contributed by atoms with Crippen LogP contribution in [0, 0.1) is 5.92 Å². The summed E-state index contributed by atoms with van der Waals surface area (Å²) in [6.45, 7) is 9.72. The molecule has 1 atom stereocenters. The molecule has 0 spiro atoms. The Morgan fingerprint density at radius 2 is 1.78 bits per heavy atom. The van der Waals surface area contributed by atoms with Crippen molar-refractivity contribution < 1.29 is 19.1 Å². The third kappa shape index (κ3) is 5.03. The number of carbonyl (C=O) groups excluding carboxylic acids is 3. The van der Waals surface area contributed by atoms with Crippen LogP contribution in [-0.4, -0.2) is 75.2 Å². The Bertz CT molecular complexity index is 1270. The van der Waals surface area contributed by atoms with Gasteiger partial charge >= 0.3 is 11.8 Å². The zero-order valence-electron chi connectivity index (χ0n) is 22.2. The number of piperidine rings is 1. The van der Waals surface area contributed by atoms with Crippen LogP contribution in [0.4, 0.5) is 4.79 Å². The van der Waals surface area contributed by atoms with E-state index in [0.717, 1.165) is 49.1 Å². The van der Waals surface area contributed by atoms with Gasteiger partial charge in [-0.3, -0.25) is 28.9 Å². The van der Waals surface area contributed by atoms with E-state index in [9.17, 15) is 19.2 Å². The first-order chi connectivity index (χ1) is 17.5. The zero-order valence-corrected chi connectivity index (χ0v) is 22.2. The number of amides is 3. The summed E-state index contributed by atoms with van der Waals surface area (Å²) in [6, 6.07) is 5.28. The Hall–Kier alpha value is -3.14. The normalized spacial score (nSPS) is 25.2. The second-order valence-electron chi connectivity index (χ2n) is 11.7. The summed E-state index contributed by atoms with van der Waals surface area (Å²) in [6.07, 6.45) is 2.42. The summed E-state index contributed by atoms with van der Waals surface area (Å²) in [4.78, 5) is 53.9. The summed E-state index contributed by atoms with van der Waals surface area (Å²) in [7, 11) is 1.76. The molecule has 1 saturated carbocycles. The Morgan fingerprint density at radius 1 is 1.08 bits per heavy atom. The number of piperazine rings is 1. The first kappa shape index (κ1) is 25.5. The van der Waals surface area contributed by atoms with Gasteiger partial charge in [-0.2, -0.15) is 0 Å². The molecule has 200 valence electrons. The lowest BCUT2D eigenvalue weighted by Crippen LogP contribution is -2.51. The number of nitrogens with zero attached hydrogens (tertiary/aromatic N) is 4. The van der Waals surface area contributed by atoms with Crippen molar-refractivity contribution in [3.05, 3.63) is 34.2 Å². The van der Waals surface area contributed by atoms with Gasteiger partial charge < -0.3 is 9.64 Å². The average molecular weight is 512 g/mol. The maximum absolute atomic E-state index is 13.2. The fraction of sp³-hybridized carbons (Fsp3) is 0.630. The van der Waals surface area contributed by atoms with Gasteiger partial charge in [0.05, 0.1) is 11.0 Å². The first-order valence-electron chi connectivity index (χ1n) is 13.3. The van der Waals surface area contributed by atoms with E-state index < -0.39 is 17.6 Å². The minimum atomic E-state index is -0.669. The molecule has 1 aromatic carbocycles. The van der Waals surface area contributed by atoms with Crippen LogP contribution in [0.2, 0.25) is 0 Å². The van der Waals surface area contributed by atoms with E-state index in [1.54, 1.807) is 21.1 Å². The summed E-state index contributed by atoms with van der Waals surface area (Å²) >= 11 is 0. The molecule has 3 heterocycles. The number of benzene rings is 1. The van der Waals surface area contributed by atoms with Gasteiger partial charge in [0.1, 0.15) is 11.6 Å². The third-order valence-corrected chi connectivity index (χ3v) is 7.87. The van der Waals surface area contributed by atoms with Gasteiger partial charge in [-0.15, -0.1) is 0 Å². The van der Waals surface area contributed by atoms with Crippen LogP contribution in [0.25, 0.3) is 11.0 Å². The lowest BCUT2D eigenvalue weighted by Gasteiger charge is -2.42. The van der Waals surface area contributed by atoms with Crippen molar-refractivity contribution in [1.29, 1.82) is 0 Å². The Labute approximate surface area is 216 Å².